The SMILES string of the molecule is O=C(c1nn(-c2ccccc2)c2c1CCC2)N1CCN(S(=O)(=O)c2ccc(F)c(F)c2F)CC1. The average molecular weight is 491 g/mol. The van der Waals surface area contributed by atoms with E-state index < -0.39 is 32.4 Å². The maximum atomic E-state index is 14.1. The van der Waals surface area contributed by atoms with Crippen LogP contribution in [0, 0.1) is 17.5 Å². The zero-order valence-corrected chi connectivity index (χ0v) is 18.9. The summed E-state index contributed by atoms with van der Waals surface area (Å²) in [5, 5.41) is 4.59. The molecule has 34 heavy (non-hydrogen) atoms. The second kappa shape index (κ2) is 8.55. The van der Waals surface area contributed by atoms with E-state index in [9.17, 15) is 26.4 Å². The molecule has 1 amide bonds. The lowest BCUT2D eigenvalue weighted by Crippen LogP contribution is -2.50. The van der Waals surface area contributed by atoms with Gasteiger partial charge in [-0.05, 0) is 43.5 Å². The number of carbonyl (C=O) groups excluding carboxylic acids is 1. The highest BCUT2D eigenvalue weighted by molar-refractivity contribution is 7.89. The highest BCUT2D eigenvalue weighted by Crippen LogP contribution is 2.29. The van der Waals surface area contributed by atoms with Gasteiger partial charge in [-0.15, -0.1) is 0 Å². The van der Waals surface area contributed by atoms with Gasteiger partial charge < -0.3 is 4.90 Å². The molecule has 0 atom stereocenters. The molecule has 11 heteroatoms. The number of piperazine rings is 1. The molecule has 178 valence electrons. The lowest BCUT2D eigenvalue weighted by Gasteiger charge is -2.33. The number of benzene rings is 2. The Kier molecular flexibility index (Phi) is 5.68. The number of rotatable bonds is 4. The first-order valence-electron chi connectivity index (χ1n) is 10.9. The Hall–Kier alpha value is -3.18. The van der Waals surface area contributed by atoms with Gasteiger partial charge in [-0.3, -0.25) is 4.79 Å². The summed E-state index contributed by atoms with van der Waals surface area (Å²) in [5.41, 5.74) is 3.14. The minimum Gasteiger partial charge on any atom is -0.335 e. The number of para-hydroxylation sites is 1. The summed E-state index contributed by atoms with van der Waals surface area (Å²) in [7, 11) is -4.39. The largest absolute Gasteiger partial charge is 0.335 e. The first kappa shape index (κ1) is 22.6. The Morgan fingerprint density at radius 1 is 0.882 bits per heavy atom. The van der Waals surface area contributed by atoms with Crippen molar-refractivity contribution in [2.24, 2.45) is 0 Å². The van der Waals surface area contributed by atoms with E-state index in [4.69, 9.17) is 0 Å². The zero-order valence-electron chi connectivity index (χ0n) is 18.0. The quantitative estimate of drug-likeness (QED) is 0.527. The van der Waals surface area contributed by atoms with Crippen LogP contribution in [0.2, 0.25) is 0 Å². The van der Waals surface area contributed by atoms with Crippen LogP contribution in [0.15, 0.2) is 47.4 Å². The first-order chi connectivity index (χ1) is 16.3. The van der Waals surface area contributed by atoms with Crippen molar-refractivity contribution < 1.29 is 26.4 Å². The summed E-state index contributed by atoms with van der Waals surface area (Å²) in [4.78, 5) is 13.9. The van der Waals surface area contributed by atoms with E-state index in [0.29, 0.717) is 17.8 Å². The van der Waals surface area contributed by atoms with Gasteiger partial charge in [0.15, 0.2) is 23.1 Å². The van der Waals surface area contributed by atoms with E-state index in [0.717, 1.165) is 40.5 Å². The van der Waals surface area contributed by atoms with E-state index in [1.165, 1.54) is 4.90 Å². The molecule has 1 aliphatic heterocycles. The van der Waals surface area contributed by atoms with Gasteiger partial charge in [0.2, 0.25) is 10.0 Å². The molecule has 2 aromatic carbocycles. The fourth-order valence-electron chi connectivity index (χ4n) is 4.52. The fourth-order valence-corrected chi connectivity index (χ4v) is 6.00. The van der Waals surface area contributed by atoms with Crippen LogP contribution >= 0.6 is 0 Å². The number of hydrogen-bond donors (Lipinski definition) is 0. The molecular weight excluding hydrogens is 469 g/mol. The second-order valence-electron chi connectivity index (χ2n) is 8.24. The molecule has 0 unspecified atom stereocenters. The van der Waals surface area contributed by atoms with Crippen LogP contribution in [0.25, 0.3) is 5.69 Å². The minimum absolute atomic E-state index is 0.0658. The third-order valence-corrected chi connectivity index (χ3v) is 8.19. The fraction of sp³-hybridized carbons (Fsp3) is 0.304. The number of fused-ring (bicyclic) bond motifs is 1. The Morgan fingerprint density at radius 3 is 2.29 bits per heavy atom. The van der Waals surface area contributed by atoms with Crippen LogP contribution in [-0.4, -0.2) is 59.5 Å². The molecule has 1 aliphatic carbocycles. The molecule has 2 aliphatic rings. The summed E-state index contributed by atoms with van der Waals surface area (Å²) in [6.07, 6.45) is 2.48. The van der Waals surface area contributed by atoms with Gasteiger partial charge in [-0.2, -0.15) is 9.40 Å². The molecule has 0 radical (unpaired) electrons. The number of aromatic nitrogens is 2. The van der Waals surface area contributed by atoms with Crippen molar-refractivity contribution in [1.82, 2.24) is 19.0 Å². The average Bonchev–Trinajstić information content (AvgIpc) is 3.46. The number of carbonyl (C=O) groups is 1. The highest BCUT2D eigenvalue weighted by atomic mass is 32.2. The van der Waals surface area contributed by atoms with E-state index in [2.05, 4.69) is 5.10 Å². The van der Waals surface area contributed by atoms with Gasteiger partial charge in [0.25, 0.3) is 5.91 Å². The highest BCUT2D eigenvalue weighted by Gasteiger charge is 2.35. The molecule has 1 aromatic heterocycles. The first-order valence-corrected chi connectivity index (χ1v) is 12.3. The van der Waals surface area contributed by atoms with Gasteiger partial charge in [0.05, 0.1) is 5.69 Å². The number of amides is 1. The summed E-state index contributed by atoms with van der Waals surface area (Å²) in [6, 6.07) is 10.8. The number of halogens is 3. The Balaban J connectivity index is 1.35. The number of nitrogens with zero attached hydrogens (tertiary/aromatic N) is 4. The van der Waals surface area contributed by atoms with Gasteiger partial charge in [0.1, 0.15) is 4.90 Å². The maximum absolute atomic E-state index is 14.1. The van der Waals surface area contributed by atoms with Crippen molar-refractivity contribution in [3.63, 3.8) is 0 Å². The molecule has 1 saturated heterocycles. The monoisotopic (exact) mass is 490 g/mol. The van der Waals surface area contributed by atoms with Crippen molar-refractivity contribution in [3.05, 3.63) is 76.9 Å². The lowest BCUT2D eigenvalue weighted by molar-refractivity contribution is 0.0690. The summed E-state index contributed by atoms with van der Waals surface area (Å²) >= 11 is 0. The Bertz CT molecular complexity index is 1370. The van der Waals surface area contributed by atoms with E-state index in [1.54, 1.807) is 4.68 Å². The topological polar surface area (TPSA) is 75.5 Å². The molecule has 0 saturated carbocycles. The molecular formula is C23H21F3N4O3S. The summed E-state index contributed by atoms with van der Waals surface area (Å²) in [5.74, 6) is -5.34. The van der Waals surface area contributed by atoms with Crippen molar-refractivity contribution in [3.8, 4) is 5.69 Å². The second-order valence-corrected chi connectivity index (χ2v) is 10.2. The summed E-state index contributed by atoms with van der Waals surface area (Å²) in [6.45, 7) is -0.0746. The lowest BCUT2D eigenvalue weighted by atomic mass is 10.1. The predicted molar refractivity (Wildman–Crippen MR) is 117 cm³/mol. The Morgan fingerprint density at radius 2 is 1.59 bits per heavy atom. The minimum atomic E-state index is -4.39. The molecule has 0 bridgehead atoms. The molecule has 5 rings (SSSR count). The number of hydrogen-bond acceptors (Lipinski definition) is 4. The summed E-state index contributed by atoms with van der Waals surface area (Å²) < 4.78 is 69.3. The standard InChI is InChI=1S/C23H21F3N4O3S/c24-17-9-10-19(21(26)20(17)25)34(32,33)29-13-11-28(12-14-29)23(31)22-16-7-4-8-18(16)30(27-22)15-5-2-1-3-6-15/h1-3,5-6,9-10H,4,7-8,11-14H2. The van der Waals surface area contributed by atoms with Crippen molar-refractivity contribution in [2.45, 2.75) is 24.2 Å². The van der Waals surface area contributed by atoms with Crippen molar-refractivity contribution in [2.75, 3.05) is 26.2 Å². The molecule has 3 aromatic rings. The van der Waals surface area contributed by atoms with Crippen molar-refractivity contribution in [1.29, 1.82) is 0 Å². The van der Waals surface area contributed by atoms with E-state index >= 15 is 0 Å². The van der Waals surface area contributed by atoms with Gasteiger partial charge in [0, 0.05) is 37.4 Å². The third kappa shape index (κ3) is 3.68. The molecule has 0 spiro atoms. The predicted octanol–water partition coefficient (Wildman–Crippen LogP) is 2.93. The van der Waals surface area contributed by atoms with Gasteiger partial charge >= 0.3 is 0 Å². The maximum Gasteiger partial charge on any atom is 0.274 e. The molecule has 2 heterocycles. The van der Waals surface area contributed by atoms with Crippen molar-refractivity contribution >= 4 is 15.9 Å². The molecule has 0 N–H and O–H groups in total. The third-order valence-electron chi connectivity index (χ3n) is 6.28. The van der Waals surface area contributed by atoms with Gasteiger partial charge in [-0.1, -0.05) is 18.2 Å². The van der Waals surface area contributed by atoms with Crippen LogP contribution in [0.5, 0.6) is 0 Å². The van der Waals surface area contributed by atoms with Crippen LogP contribution in [0.4, 0.5) is 13.2 Å². The molecule has 1 fully saturated rings. The van der Waals surface area contributed by atoms with Crippen LogP contribution in [-0.2, 0) is 22.9 Å². The van der Waals surface area contributed by atoms with Gasteiger partial charge in [-0.25, -0.2) is 26.3 Å². The Labute approximate surface area is 194 Å². The van der Waals surface area contributed by atoms with Crippen LogP contribution in [0.3, 0.4) is 0 Å². The van der Waals surface area contributed by atoms with E-state index in [1.807, 2.05) is 30.3 Å². The zero-order chi connectivity index (χ0) is 24.0. The number of sulfonamides is 1. The van der Waals surface area contributed by atoms with E-state index in [-0.39, 0.29) is 32.1 Å². The molecule has 7 nitrogen and oxygen atoms in total. The smallest absolute Gasteiger partial charge is 0.274 e. The van der Waals surface area contributed by atoms with Crippen LogP contribution < -0.4 is 0 Å². The normalized spacial score (nSPS) is 16.6. The van der Waals surface area contributed by atoms with Crippen LogP contribution in [0.1, 0.15) is 28.2 Å².